The SMILES string of the molecule is CC(C)N1C(=O)c2ccc(C(=O)NC(C)(C)CC(C)(C)C)cc2S1(=O)=O. The summed E-state index contributed by atoms with van der Waals surface area (Å²) in [5.74, 6) is -0.900. The molecular formula is C19H28N2O4S. The van der Waals surface area contributed by atoms with Gasteiger partial charge in [0.1, 0.15) is 4.90 Å². The summed E-state index contributed by atoms with van der Waals surface area (Å²) in [6.45, 7) is 13.4. The molecule has 0 saturated carbocycles. The van der Waals surface area contributed by atoms with Crippen molar-refractivity contribution in [2.24, 2.45) is 5.41 Å². The van der Waals surface area contributed by atoms with Crippen LogP contribution in [0.15, 0.2) is 23.1 Å². The fourth-order valence-corrected chi connectivity index (χ4v) is 5.44. The minimum absolute atomic E-state index is 0.0300. The molecular weight excluding hydrogens is 352 g/mol. The highest BCUT2D eigenvalue weighted by Gasteiger charge is 2.43. The second-order valence-corrected chi connectivity index (χ2v) is 10.8. The number of hydrogen-bond acceptors (Lipinski definition) is 4. The van der Waals surface area contributed by atoms with E-state index in [1.807, 2.05) is 13.8 Å². The maximum atomic E-state index is 12.7. The van der Waals surface area contributed by atoms with E-state index in [1.54, 1.807) is 13.8 Å². The predicted octanol–water partition coefficient (Wildman–Crippen LogP) is 3.18. The molecule has 2 amide bonds. The highest BCUT2D eigenvalue weighted by molar-refractivity contribution is 7.90. The van der Waals surface area contributed by atoms with Gasteiger partial charge in [0.15, 0.2) is 0 Å². The maximum absolute atomic E-state index is 12.7. The first-order valence-electron chi connectivity index (χ1n) is 8.71. The minimum Gasteiger partial charge on any atom is -0.347 e. The molecule has 0 bridgehead atoms. The highest BCUT2D eigenvalue weighted by Crippen LogP contribution is 2.33. The Bertz CT molecular complexity index is 849. The van der Waals surface area contributed by atoms with Gasteiger partial charge in [-0.15, -0.1) is 0 Å². The number of rotatable bonds is 4. The van der Waals surface area contributed by atoms with E-state index in [4.69, 9.17) is 0 Å². The van der Waals surface area contributed by atoms with Gasteiger partial charge < -0.3 is 5.32 Å². The molecule has 1 N–H and O–H groups in total. The van der Waals surface area contributed by atoms with Gasteiger partial charge in [-0.05, 0) is 57.7 Å². The first-order chi connectivity index (χ1) is 11.7. The summed E-state index contributed by atoms with van der Waals surface area (Å²) in [6, 6.07) is 3.73. The van der Waals surface area contributed by atoms with Gasteiger partial charge in [-0.25, -0.2) is 12.7 Å². The van der Waals surface area contributed by atoms with Gasteiger partial charge in [0.2, 0.25) is 0 Å². The number of nitrogens with zero attached hydrogens (tertiary/aromatic N) is 1. The Morgan fingerprint density at radius 1 is 1.15 bits per heavy atom. The third kappa shape index (κ3) is 3.92. The van der Waals surface area contributed by atoms with Crippen molar-refractivity contribution in [2.45, 2.75) is 71.4 Å². The number of fused-ring (bicyclic) bond motifs is 1. The average molecular weight is 381 g/mol. The van der Waals surface area contributed by atoms with Gasteiger partial charge >= 0.3 is 0 Å². The summed E-state index contributed by atoms with van der Waals surface area (Å²) in [7, 11) is -3.92. The molecule has 2 rings (SSSR count). The Hall–Kier alpha value is -1.89. The number of sulfonamides is 1. The lowest BCUT2D eigenvalue weighted by Crippen LogP contribution is -2.45. The van der Waals surface area contributed by atoms with E-state index in [9.17, 15) is 18.0 Å². The molecule has 0 unspecified atom stereocenters. The monoisotopic (exact) mass is 380 g/mol. The van der Waals surface area contributed by atoms with Crippen LogP contribution in [0.25, 0.3) is 0 Å². The number of hydrogen-bond donors (Lipinski definition) is 1. The highest BCUT2D eigenvalue weighted by atomic mass is 32.2. The fourth-order valence-electron chi connectivity index (χ4n) is 3.65. The van der Waals surface area contributed by atoms with E-state index in [-0.39, 0.29) is 27.3 Å². The van der Waals surface area contributed by atoms with Crippen LogP contribution in [0.4, 0.5) is 0 Å². The Kier molecular flexibility index (Phi) is 5.00. The summed E-state index contributed by atoms with van der Waals surface area (Å²) in [4.78, 5) is 24.9. The van der Waals surface area contributed by atoms with E-state index in [2.05, 4.69) is 26.1 Å². The first kappa shape index (κ1) is 20.4. The molecule has 1 heterocycles. The van der Waals surface area contributed by atoms with Crippen LogP contribution in [-0.2, 0) is 10.0 Å². The molecule has 6 nitrogen and oxygen atoms in total. The summed E-state index contributed by atoms with van der Waals surface area (Å²) in [6.07, 6.45) is 0.759. The van der Waals surface area contributed by atoms with Crippen LogP contribution in [0.2, 0.25) is 0 Å². The van der Waals surface area contributed by atoms with Gasteiger partial charge in [0, 0.05) is 17.1 Å². The summed E-state index contributed by atoms with van der Waals surface area (Å²) >= 11 is 0. The van der Waals surface area contributed by atoms with E-state index >= 15 is 0 Å². The number of carbonyl (C=O) groups excluding carboxylic acids is 2. The van der Waals surface area contributed by atoms with Crippen molar-refractivity contribution in [3.05, 3.63) is 29.3 Å². The second kappa shape index (κ2) is 6.37. The topological polar surface area (TPSA) is 83.6 Å². The molecule has 26 heavy (non-hydrogen) atoms. The smallest absolute Gasteiger partial charge is 0.269 e. The molecule has 0 aromatic heterocycles. The lowest BCUT2D eigenvalue weighted by Gasteiger charge is -2.33. The molecule has 0 aliphatic carbocycles. The Morgan fingerprint density at radius 3 is 2.23 bits per heavy atom. The molecule has 0 fully saturated rings. The van der Waals surface area contributed by atoms with Crippen molar-refractivity contribution < 1.29 is 18.0 Å². The van der Waals surface area contributed by atoms with Gasteiger partial charge in [-0.1, -0.05) is 20.8 Å². The normalized spacial score (nSPS) is 16.8. The van der Waals surface area contributed by atoms with Crippen LogP contribution in [-0.4, -0.2) is 36.1 Å². The van der Waals surface area contributed by atoms with Crippen LogP contribution < -0.4 is 5.32 Å². The van der Waals surface area contributed by atoms with Gasteiger partial charge in [0.25, 0.3) is 21.8 Å². The van der Waals surface area contributed by atoms with E-state index < -0.39 is 27.5 Å². The molecule has 144 valence electrons. The van der Waals surface area contributed by atoms with Crippen LogP contribution in [0.5, 0.6) is 0 Å². The fraction of sp³-hybridized carbons (Fsp3) is 0.579. The van der Waals surface area contributed by atoms with E-state index in [0.29, 0.717) is 0 Å². The van der Waals surface area contributed by atoms with Gasteiger partial charge in [-0.3, -0.25) is 9.59 Å². The van der Waals surface area contributed by atoms with Crippen molar-refractivity contribution in [2.75, 3.05) is 0 Å². The molecule has 0 saturated heterocycles. The summed E-state index contributed by atoms with van der Waals surface area (Å²) in [5.41, 5.74) is -0.0770. The molecule has 1 aromatic rings. The molecule has 0 atom stereocenters. The quantitative estimate of drug-likeness (QED) is 0.869. The first-order valence-corrected chi connectivity index (χ1v) is 10.1. The maximum Gasteiger partial charge on any atom is 0.269 e. The zero-order chi connectivity index (χ0) is 20.1. The number of benzene rings is 1. The Balaban J connectivity index is 2.35. The van der Waals surface area contributed by atoms with E-state index in [1.165, 1.54) is 18.2 Å². The van der Waals surface area contributed by atoms with E-state index in [0.717, 1.165) is 10.7 Å². The summed E-state index contributed by atoms with van der Waals surface area (Å²) < 4.78 is 26.2. The predicted molar refractivity (Wildman–Crippen MR) is 101 cm³/mol. The van der Waals surface area contributed by atoms with Crippen LogP contribution in [0.1, 0.15) is 75.6 Å². The lowest BCUT2D eigenvalue weighted by molar-refractivity contribution is 0.0843. The molecule has 0 spiro atoms. The van der Waals surface area contributed by atoms with Crippen molar-refractivity contribution >= 4 is 21.8 Å². The third-order valence-electron chi connectivity index (χ3n) is 4.10. The lowest BCUT2D eigenvalue weighted by atomic mass is 9.81. The minimum atomic E-state index is -3.92. The van der Waals surface area contributed by atoms with Crippen LogP contribution in [0.3, 0.4) is 0 Å². The standard InChI is InChI=1S/C19H28N2O4S/c1-12(2)21-17(23)14-9-8-13(10-15(14)26(21,24)25)16(22)20-19(6,7)11-18(3,4)5/h8-10,12H,11H2,1-7H3,(H,20,22). The number of carbonyl (C=O) groups is 2. The van der Waals surface area contributed by atoms with Crippen molar-refractivity contribution in [3.8, 4) is 0 Å². The molecule has 1 aliphatic heterocycles. The Labute approximate surface area is 156 Å². The number of nitrogens with one attached hydrogen (secondary N) is 1. The van der Waals surface area contributed by atoms with Crippen LogP contribution in [0, 0.1) is 5.41 Å². The van der Waals surface area contributed by atoms with Crippen molar-refractivity contribution in [1.29, 1.82) is 0 Å². The van der Waals surface area contributed by atoms with Crippen LogP contribution >= 0.6 is 0 Å². The molecule has 7 heteroatoms. The summed E-state index contributed by atoms with van der Waals surface area (Å²) in [5, 5.41) is 2.96. The Morgan fingerprint density at radius 2 is 1.73 bits per heavy atom. The van der Waals surface area contributed by atoms with Gasteiger partial charge in [0.05, 0.1) is 5.56 Å². The zero-order valence-electron chi connectivity index (χ0n) is 16.5. The number of amides is 2. The second-order valence-electron chi connectivity index (χ2n) is 8.99. The average Bonchev–Trinajstić information content (AvgIpc) is 2.62. The van der Waals surface area contributed by atoms with Crippen molar-refractivity contribution in [3.63, 3.8) is 0 Å². The molecule has 1 aliphatic rings. The zero-order valence-corrected chi connectivity index (χ0v) is 17.3. The van der Waals surface area contributed by atoms with Crippen molar-refractivity contribution in [1.82, 2.24) is 9.62 Å². The molecule has 0 radical (unpaired) electrons. The third-order valence-corrected chi connectivity index (χ3v) is 6.10. The largest absolute Gasteiger partial charge is 0.347 e. The van der Waals surface area contributed by atoms with Gasteiger partial charge in [-0.2, -0.15) is 0 Å². The molecule has 1 aromatic carbocycles.